The van der Waals surface area contributed by atoms with E-state index in [0.717, 1.165) is 12.1 Å². The van der Waals surface area contributed by atoms with Crippen LogP contribution in [0.2, 0.25) is 5.02 Å². The quantitative estimate of drug-likeness (QED) is 0.761. The van der Waals surface area contributed by atoms with Gasteiger partial charge in [-0.15, -0.1) is 10.2 Å². The summed E-state index contributed by atoms with van der Waals surface area (Å²) in [7, 11) is -4.56. The van der Waals surface area contributed by atoms with Gasteiger partial charge < -0.3 is 0 Å². The summed E-state index contributed by atoms with van der Waals surface area (Å²) >= 11 is 5.55. The Balaban J connectivity index is 2.09. The Bertz CT molecular complexity index is 1020. The van der Waals surface area contributed by atoms with E-state index in [4.69, 9.17) is 11.6 Å². The number of alkyl halides is 3. The van der Waals surface area contributed by atoms with Crippen molar-refractivity contribution in [1.29, 1.82) is 0 Å². The molecule has 0 bridgehead atoms. The molecule has 0 amide bonds. The first kappa shape index (κ1) is 16.5. The van der Waals surface area contributed by atoms with Crippen LogP contribution in [-0.2, 0) is 16.2 Å². The zero-order valence-electron chi connectivity index (χ0n) is 11.6. The standard InChI is InChI=1S/C13H8ClF3N4O2S/c14-8-4-5-10(9(7-8)13(15,16)17)24(22,23)20-12-19-18-11-3-1-2-6-21(11)12/h1-7H,(H,19,20). The molecule has 0 radical (unpaired) electrons. The fourth-order valence-corrected chi connectivity index (χ4v) is 3.42. The lowest BCUT2D eigenvalue weighted by Crippen LogP contribution is -2.20. The molecule has 0 aliphatic rings. The monoisotopic (exact) mass is 376 g/mol. The maximum atomic E-state index is 13.1. The number of hydrogen-bond donors (Lipinski definition) is 1. The highest BCUT2D eigenvalue weighted by Gasteiger charge is 2.37. The molecule has 0 spiro atoms. The van der Waals surface area contributed by atoms with Crippen LogP contribution in [0.25, 0.3) is 5.65 Å². The number of fused-ring (bicyclic) bond motifs is 1. The molecule has 1 N–H and O–H groups in total. The van der Waals surface area contributed by atoms with Gasteiger partial charge in [0, 0.05) is 11.2 Å². The third-order valence-corrected chi connectivity index (χ3v) is 4.70. The van der Waals surface area contributed by atoms with E-state index in [2.05, 4.69) is 10.2 Å². The number of benzene rings is 1. The molecule has 1 aromatic carbocycles. The molecule has 0 aliphatic carbocycles. The Morgan fingerprint density at radius 1 is 1.12 bits per heavy atom. The lowest BCUT2D eigenvalue weighted by Gasteiger charge is -2.14. The van der Waals surface area contributed by atoms with Crippen molar-refractivity contribution in [3.63, 3.8) is 0 Å². The van der Waals surface area contributed by atoms with Crippen LogP contribution in [0.1, 0.15) is 5.56 Å². The van der Waals surface area contributed by atoms with Crippen molar-refractivity contribution in [2.24, 2.45) is 0 Å². The van der Waals surface area contributed by atoms with E-state index in [9.17, 15) is 21.6 Å². The van der Waals surface area contributed by atoms with Gasteiger partial charge in [-0.05, 0) is 30.3 Å². The SMILES string of the molecule is O=S(=O)(Nc1nnc2ccccn12)c1ccc(Cl)cc1C(F)(F)F. The second-order valence-corrected chi connectivity index (χ2v) is 6.78. The normalized spacial score (nSPS) is 12.5. The van der Waals surface area contributed by atoms with E-state index in [1.807, 2.05) is 4.72 Å². The van der Waals surface area contributed by atoms with Crippen LogP contribution in [0.15, 0.2) is 47.5 Å². The summed E-state index contributed by atoms with van der Waals surface area (Å²) in [4.78, 5) is -0.952. The average molecular weight is 377 g/mol. The zero-order chi connectivity index (χ0) is 17.5. The molecule has 24 heavy (non-hydrogen) atoms. The van der Waals surface area contributed by atoms with E-state index >= 15 is 0 Å². The van der Waals surface area contributed by atoms with Crippen molar-refractivity contribution in [2.75, 3.05) is 4.72 Å². The summed E-state index contributed by atoms with van der Waals surface area (Å²) in [5.74, 6) is -0.228. The first-order chi connectivity index (χ1) is 11.2. The molecule has 0 aliphatic heterocycles. The van der Waals surface area contributed by atoms with E-state index in [1.54, 1.807) is 18.2 Å². The van der Waals surface area contributed by atoms with Crippen molar-refractivity contribution < 1.29 is 21.6 Å². The number of aromatic nitrogens is 3. The number of anilines is 1. The third-order valence-electron chi connectivity index (χ3n) is 3.08. The average Bonchev–Trinajstić information content (AvgIpc) is 2.89. The van der Waals surface area contributed by atoms with E-state index in [-0.39, 0.29) is 11.0 Å². The first-order valence-corrected chi connectivity index (χ1v) is 8.24. The van der Waals surface area contributed by atoms with Gasteiger partial charge in [-0.3, -0.25) is 4.40 Å². The molecule has 126 valence electrons. The summed E-state index contributed by atoms with van der Waals surface area (Å²) < 4.78 is 67.4. The van der Waals surface area contributed by atoms with Crippen LogP contribution in [0.4, 0.5) is 19.1 Å². The number of pyridine rings is 1. The predicted molar refractivity (Wildman–Crippen MR) is 80.2 cm³/mol. The van der Waals surface area contributed by atoms with Crippen molar-refractivity contribution in [1.82, 2.24) is 14.6 Å². The van der Waals surface area contributed by atoms with Crippen LogP contribution in [0, 0.1) is 0 Å². The number of halogens is 4. The summed E-state index contributed by atoms with van der Waals surface area (Å²) in [6.07, 6.45) is -3.42. The van der Waals surface area contributed by atoms with E-state index in [1.165, 1.54) is 10.6 Å². The van der Waals surface area contributed by atoms with Gasteiger partial charge in [0.2, 0.25) is 5.95 Å². The van der Waals surface area contributed by atoms with E-state index in [0.29, 0.717) is 11.7 Å². The van der Waals surface area contributed by atoms with Gasteiger partial charge in [0.15, 0.2) is 5.65 Å². The Morgan fingerprint density at radius 3 is 2.58 bits per heavy atom. The maximum Gasteiger partial charge on any atom is 0.417 e. The predicted octanol–water partition coefficient (Wildman–Crippen LogP) is 3.20. The highest BCUT2D eigenvalue weighted by atomic mass is 35.5. The molecule has 3 rings (SSSR count). The van der Waals surface area contributed by atoms with Crippen molar-refractivity contribution in [3.8, 4) is 0 Å². The summed E-state index contributed by atoms with van der Waals surface area (Å²) in [6.45, 7) is 0. The van der Waals surface area contributed by atoms with Crippen LogP contribution in [0.5, 0.6) is 0 Å². The van der Waals surface area contributed by atoms with Crippen LogP contribution in [-0.4, -0.2) is 23.0 Å². The molecule has 0 saturated carbocycles. The van der Waals surface area contributed by atoms with Gasteiger partial charge in [0.05, 0.1) is 10.5 Å². The van der Waals surface area contributed by atoms with Gasteiger partial charge in [0.1, 0.15) is 0 Å². The van der Waals surface area contributed by atoms with Crippen LogP contribution >= 0.6 is 11.6 Å². The lowest BCUT2D eigenvalue weighted by molar-refractivity contribution is -0.139. The molecule has 2 aromatic heterocycles. The molecule has 2 heterocycles. The highest BCUT2D eigenvalue weighted by molar-refractivity contribution is 7.92. The van der Waals surface area contributed by atoms with E-state index < -0.39 is 26.7 Å². The number of nitrogens with zero attached hydrogens (tertiary/aromatic N) is 3. The Hall–Kier alpha value is -2.33. The molecular weight excluding hydrogens is 369 g/mol. The van der Waals surface area contributed by atoms with Gasteiger partial charge in [-0.25, -0.2) is 13.1 Å². The molecule has 0 unspecified atom stereocenters. The molecule has 11 heteroatoms. The summed E-state index contributed by atoms with van der Waals surface area (Å²) in [6, 6.07) is 7.22. The number of nitrogens with one attached hydrogen (secondary N) is 1. The molecule has 0 saturated heterocycles. The minimum atomic E-state index is -4.89. The minimum absolute atomic E-state index is 0.228. The highest BCUT2D eigenvalue weighted by Crippen LogP contribution is 2.36. The Kier molecular flexibility index (Phi) is 3.88. The summed E-state index contributed by atoms with van der Waals surface area (Å²) in [5.41, 5.74) is -1.03. The van der Waals surface area contributed by atoms with Crippen LogP contribution < -0.4 is 4.72 Å². The summed E-state index contributed by atoms with van der Waals surface area (Å²) in [5, 5.41) is 7.13. The number of hydrogen-bond acceptors (Lipinski definition) is 4. The van der Waals surface area contributed by atoms with Gasteiger partial charge in [-0.2, -0.15) is 13.2 Å². The second-order valence-electron chi connectivity index (χ2n) is 4.70. The lowest BCUT2D eigenvalue weighted by atomic mass is 10.2. The van der Waals surface area contributed by atoms with Crippen LogP contribution in [0.3, 0.4) is 0 Å². The Labute approximate surface area is 138 Å². The third kappa shape index (κ3) is 3.02. The minimum Gasteiger partial charge on any atom is -0.268 e. The van der Waals surface area contributed by atoms with Crippen molar-refractivity contribution in [2.45, 2.75) is 11.1 Å². The molecule has 0 fully saturated rings. The first-order valence-electron chi connectivity index (χ1n) is 6.38. The largest absolute Gasteiger partial charge is 0.417 e. The molecule has 6 nitrogen and oxygen atoms in total. The zero-order valence-corrected chi connectivity index (χ0v) is 13.2. The molecule has 3 aromatic rings. The topological polar surface area (TPSA) is 76.4 Å². The molecular formula is C13H8ClF3N4O2S. The fourth-order valence-electron chi connectivity index (χ4n) is 2.04. The Morgan fingerprint density at radius 2 is 1.88 bits per heavy atom. The van der Waals surface area contributed by atoms with Gasteiger partial charge >= 0.3 is 6.18 Å². The maximum absolute atomic E-state index is 13.1. The number of sulfonamides is 1. The van der Waals surface area contributed by atoms with Crippen molar-refractivity contribution >= 4 is 33.2 Å². The van der Waals surface area contributed by atoms with Gasteiger partial charge in [0.25, 0.3) is 10.0 Å². The van der Waals surface area contributed by atoms with Crippen molar-refractivity contribution in [3.05, 3.63) is 53.2 Å². The number of rotatable bonds is 3. The van der Waals surface area contributed by atoms with Gasteiger partial charge in [-0.1, -0.05) is 17.7 Å². The molecule has 0 atom stereocenters. The fraction of sp³-hybridized carbons (Fsp3) is 0.0769. The smallest absolute Gasteiger partial charge is 0.268 e. The second kappa shape index (κ2) is 5.64.